The van der Waals surface area contributed by atoms with Gasteiger partial charge >= 0.3 is 88.7 Å². The molecule has 1 rings (SSSR count). The molecule has 0 saturated heterocycles. The minimum Gasteiger partial charge on any atom is -0.759 e. The van der Waals surface area contributed by atoms with Crippen LogP contribution in [0.15, 0.2) is 29.2 Å². The van der Waals surface area contributed by atoms with E-state index in [2.05, 4.69) is 0 Å². The third-order valence-electron chi connectivity index (χ3n) is 1.84. The largest absolute Gasteiger partial charge is 1.00 e. The second-order valence-electron chi connectivity index (χ2n) is 3.59. The van der Waals surface area contributed by atoms with Crippen molar-refractivity contribution in [2.24, 2.45) is 0 Å². The summed E-state index contributed by atoms with van der Waals surface area (Å²) in [7, 11) is -9.46. The van der Waals surface area contributed by atoms with Crippen LogP contribution >= 0.6 is 0 Å². The van der Waals surface area contributed by atoms with Crippen LogP contribution in [0.3, 0.4) is 0 Å². The molecule has 0 spiro atoms. The predicted octanol–water partition coefficient (Wildman–Crippen LogP) is -8.61. The summed E-state index contributed by atoms with van der Waals surface area (Å²) in [6.45, 7) is 4.00. The van der Waals surface area contributed by atoms with E-state index in [4.69, 9.17) is 17.5 Å². The monoisotopic (exact) mass is 364 g/mol. The summed E-state index contributed by atoms with van der Waals surface area (Å²) < 4.78 is 65.8. The smallest absolute Gasteiger partial charge is 0.759 e. The molecule has 7 nitrogen and oxygen atoms in total. The van der Waals surface area contributed by atoms with Gasteiger partial charge in [-0.1, -0.05) is 26.0 Å². The van der Waals surface area contributed by atoms with Crippen molar-refractivity contribution in [2.75, 3.05) is 0 Å². The van der Waals surface area contributed by atoms with Crippen LogP contribution in [0.5, 0.6) is 0 Å². The van der Waals surface area contributed by atoms with Gasteiger partial charge in [-0.3, -0.25) is 8.42 Å². The fraction of sp³-hybridized carbons (Fsp3) is 0.333. The minimum absolute atomic E-state index is 0. The number of hydrogen-bond acceptors (Lipinski definition) is 7. The van der Waals surface area contributed by atoms with Crippen molar-refractivity contribution in [1.82, 2.24) is 0 Å². The Morgan fingerprint density at radius 1 is 0.810 bits per heavy atom. The maximum Gasteiger partial charge on any atom is 1.00 e. The molecule has 0 amide bonds. The van der Waals surface area contributed by atoms with E-state index in [0.717, 1.165) is 5.56 Å². The molecular formula is C9H11Na3O7S2. The van der Waals surface area contributed by atoms with E-state index in [0.29, 0.717) is 5.92 Å². The van der Waals surface area contributed by atoms with E-state index >= 15 is 0 Å². The molecule has 12 heteroatoms. The van der Waals surface area contributed by atoms with Gasteiger partial charge in [0.25, 0.3) is 0 Å². The molecule has 0 aliphatic carbocycles. The van der Waals surface area contributed by atoms with Gasteiger partial charge in [0, 0.05) is 10.4 Å². The summed E-state index contributed by atoms with van der Waals surface area (Å²) in [6.07, 6.45) is 0. The number of benzene rings is 1. The molecule has 0 bridgehead atoms. The zero-order valence-corrected chi connectivity index (χ0v) is 20.2. The molecule has 0 unspecified atom stereocenters. The van der Waals surface area contributed by atoms with E-state index in [9.17, 15) is 13.0 Å². The molecule has 0 radical (unpaired) electrons. The van der Waals surface area contributed by atoms with Crippen molar-refractivity contribution in [1.29, 1.82) is 0 Å². The third kappa shape index (κ3) is 18.2. The zero-order chi connectivity index (χ0) is 14.6. The van der Waals surface area contributed by atoms with E-state index in [1.54, 1.807) is 12.1 Å². The molecular weight excluding hydrogens is 353 g/mol. The van der Waals surface area contributed by atoms with Gasteiger partial charge in [0.2, 0.25) is 0 Å². The molecule has 1 aromatic rings. The van der Waals surface area contributed by atoms with Crippen LogP contribution in [0.4, 0.5) is 0 Å². The summed E-state index contributed by atoms with van der Waals surface area (Å²) in [5.41, 5.74) is 1.02. The van der Waals surface area contributed by atoms with Gasteiger partial charge in [-0.15, -0.1) is 0 Å². The van der Waals surface area contributed by atoms with Crippen LogP contribution in [0.2, 0.25) is 0 Å². The zero-order valence-electron chi connectivity index (χ0n) is 12.6. The van der Waals surface area contributed by atoms with E-state index in [1.165, 1.54) is 12.1 Å². The van der Waals surface area contributed by atoms with Crippen LogP contribution in [-0.2, 0) is 20.5 Å². The molecule has 0 aliphatic rings. The van der Waals surface area contributed by atoms with Crippen molar-refractivity contribution in [3.8, 4) is 0 Å². The molecule has 1 aromatic carbocycles. The van der Waals surface area contributed by atoms with Gasteiger partial charge < -0.3 is 13.7 Å². The second kappa shape index (κ2) is 13.3. The Hall–Kier alpha value is 2.00. The summed E-state index contributed by atoms with van der Waals surface area (Å²) in [5.74, 6) is 0.336. The average Bonchev–Trinajstić information content (AvgIpc) is 2.14. The Balaban J connectivity index is -0.000000159. The average molecular weight is 364 g/mol. The van der Waals surface area contributed by atoms with Gasteiger partial charge in [-0.25, -0.2) is 8.42 Å². The molecule has 0 aromatic heterocycles. The van der Waals surface area contributed by atoms with Gasteiger partial charge in [0.05, 0.1) is 4.90 Å². The normalized spacial score (nSPS) is 10.2. The molecule has 104 valence electrons. The van der Waals surface area contributed by atoms with Crippen molar-refractivity contribution >= 4 is 20.5 Å². The van der Waals surface area contributed by atoms with Crippen LogP contribution in [-0.4, -0.2) is 30.5 Å². The SMILES string of the molecule is CC(C)c1ccc(S(=O)(=O)[O-])cc1.O=S(=O)([O-])[O-].[Na+].[Na+].[Na+]. The van der Waals surface area contributed by atoms with Crippen molar-refractivity contribution in [3.05, 3.63) is 29.8 Å². The fourth-order valence-electron chi connectivity index (χ4n) is 1.02. The molecule has 0 fully saturated rings. The first kappa shape index (κ1) is 30.8. The molecule has 0 saturated carbocycles. The Bertz CT molecular complexity index is 574. The van der Waals surface area contributed by atoms with Crippen LogP contribution in [0, 0.1) is 0 Å². The van der Waals surface area contributed by atoms with Crippen LogP contribution in [0.25, 0.3) is 0 Å². The third-order valence-corrected chi connectivity index (χ3v) is 2.68. The quantitative estimate of drug-likeness (QED) is 0.289. The van der Waals surface area contributed by atoms with E-state index in [1.807, 2.05) is 13.8 Å². The molecule has 0 N–H and O–H groups in total. The van der Waals surface area contributed by atoms with Gasteiger partial charge in [-0.05, 0) is 23.6 Å². The van der Waals surface area contributed by atoms with Crippen LogP contribution < -0.4 is 88.7 Å². The Morgan fingerprint density at radius 3 is 1.29 bits per heavy atom. The predicted molar refractivity (Wildman–Crippen MR) is 59.0 cm³/mol. The van der Waals surface area contributed by atoms with Gasteiger partial charge in [0.1, 0.15) is 10.1 Å². The summed E-state index contributed by atoms with van der Waals surface area (Å²) in [5, 5.41) is 0. The van der Waals surface area contributed by atoms with Crippen molar-refractivity contribution < 1.29 is 119 Å². The van der Waals surface area contributed by atoms with Crippen LogP contribution in [0.1, 0.15) is 25.3 Å². The Labute approximate surface area is 191 Å². The van der Waals surface area contributed by atoms with Crippen molar-refractivity contribution in [3.63, 3.8) is 0 Å². The Kier molecular flexibility index (Phi) is 19.5. The van der Waals surface area contributed by atoms with Gasteiger partial charge in [0.15, 0.2) is 0 Å². The summed E-state index contributed by atoms with van der Waals surface area (Å²) in [4.78, 5) is -0.170. The minimum atomic E-state index is -5.17. The molecule has 0 atom stereocenters. The second-order valence-corrected chi connectivity index (χ2v) is 5.78. The first-order valence-electron chi connectivity index (χ1n) is 4.64. The number of hydrogen-bond donors (Lipinski definition) is 0. The van der Waals surface area contributed by atoms with Gasteiger partial charge in [-0.2, -0.15) is 0 Å². The first-order chi connectivity index (χ1) is 7.91. The molecule has 21 heavy (non-hydrogen) atoms. The maximum absolute atomic E-state index is 10.6. The summed E-state index contributed by atoms with van der Waals surface area (Å²) in [6, 6.07) is 6.01. The van der Waals surface area contributed by atoms with E-state index in [-0.39, 0.29) is 93.6 Å². The molecule has 0 aliphatic heterocycles. The first-order valence-corrected chi connectivity index (χ1v) is 7.38. The van der Waals surface area contributed by atoms with E-state index < -0.39 is 20.5 Å². The fourth-order valence-corrected chi connectivity index (χ4v) is 1.49. The van der Waals surface area contributed by atoms with Crippen molar-refractivity contribution in [2.45, 2.75) is 24.7 Å². The topological polar surface area (TPSA) is 137 Å². The Morgan fingerprint density at radius 2 is 1.10 bits per heavy atom. The summed E-state index contributed by atoms with van der Waals surface area (Å²) >= 11 is 0. The standard InChI is InChI=1S/C9H12O3S.3Na.H2O4S/c1-7(2)8-3-5-9(6-4-8)13(10,11)12;;;;1-5(2,3)4/h3-7H,1-2H3,(H,10,11,12);;;;(H2,1,2,3,4)/q;3*+1;/p-3. The molecule has 0 heterocycles. The number of rotatable bonds is 2. The maximum atomic E-state index is 10.6.